The molecule has 0 fully saturated rings. The second kappa shape index (κ2) is 8.18. The minimum absolute atomic E-state index is 0.275. The molecule has 2 nitrogen and oxygen atoms in total. The predicted molar refractivity (Wildman–Crippen MR) is 81.0 cm³/mol. The van der Waals surface area contributed by atoms with Crippen LogP contribution in [-0.2, 0) is 6.54 Å². The molecule has 0 saturated carbocycles. The fourth-order valence-electron chi connectivity index (χ4n) is 1.26. The van der Waals surface area contributed by atoms with E-state index in [4.69, 9.17) is 40.5 Å². The average molecular weight is 317 g/mol. The molecule has 0 unspecified atom stereocenters. The zero-order valence-corrected chi connectivity index (χ0v) is 12.2. The van der Waals surface area contributed by atoms with Crippen LogP contribution >= 0.6 is 34.8 Å². The lowest BCUT2D eigenvalue weighted by molar-refractivity contribution is 0.108. The van der Waals surface area contributed by atoms with Gasteiger partial charge in [-0.25, -0.2) is 0 Å². The Morgan fingerprint density at radius 3 is 2.11 bits per heavy atom. The van der Waals surface area contributed by atoms with Crippen molar-refractivity contribution in [1.82, 2.24) is 0 Å². The Balaban J connectivity index is 0.000000200. The molecule has 0 bridgehead atoms. The summed E-state index contributed by atoms with van der Waals surface area (Å²) in [5.41, 5.74) is 6.81. The Labute approximate surface area is 127 Å². The minimum atomic E-state index is -0.577. The molecule has 2 rings (SSSR count). The highest BCUT2D eigenvalue weighted by Crippen LogP contribution is 2.21. The van der Waals surface area contributed by atoms with E-state index in [2.05, 4.69) is 0 Å². The van der Waals surface area contributed by atoms with Crippen molar-refractivity contribution in [3.8, 4) is 0 Å². The molecule has 0 heterocycles. The van der Waals surface area contributed by atoms with E-state index in [0.29, 0.717) is 11.6 Å². The third kappa shape index (κ3) is 5.62. The lowest BCUT2D eigenvalue weighted by atomic mass is 10.2. The molecule has 0 amide bonds. The summed E-state index contributed by atoms with van der Waals surface area (Å²) in [6, 6.07) is 14.5. The number of rotatable bonds is 2. The van der Waals surface area contributed by atoms with Gasteiger partial charge >= 0.3 is 0 Å². The van der Waals surface area contributed by atoms with Gasteiger partial charge in [0.25, 0.3) is 5.24 Å². The second-order valence-corrected chi connectivity index (χ2v) is 4.77. The van der Waals surface area contributed by atoms with Gasteiger partial charge in [0.15, 0.2) is 0 Å². The van der Waals surface area contributed by atoms with Crippen molar-refractivity contribution < 1.29 is 4.79 Å². The highest BCUT2D eigenvalue weighted by Gasteiger charge is 2.06. The van der Waals surface area contributed by atoms with Crippen molar-refractivity contribution in [2.75, 3.05) is 0 Å². The molecule has 2 aromatic rings. The van der Waals surface area contributed by atoms with Crippen LogP contribution in [0.4, 0.5) is 0 Å². The van der Waals surface area contributed by atoms with Gasteiger partial charge in [-0.2, -0.15) is 0 Å². The zero-order valence-electron chi connectivity index (χ0n) is 9.95. The highest BCUT2D eigenvalue weighted by molar-refractivity contribution is 6.68. The van der Waals surface area contributed by atoms with Crippen molar-refractivity contribution in [2.45, 2.75) is 6.54 Å². The fourth-order valence-corrected chi connectivity index (χ4v) is 1.97. The van der Waals surface area contributed by atoms with Crippen LogP contribution in [0.15, 0.2) is 48.5 Å². The standard InChI is InChI=1S/C7H3Cl3O.C7H9N/c8-4-1-2-5(7(10)11)6(9)3-4;8-6-7-4-2-1-3-5-7/h1-3H;1-5H,6,8H2. The smallest absolute Gasteiger partial charge is 0.253 e. The number of hydrogen-bond donors (Lipinski definition) is 1. The maximum atomic E-state index is 10.6. The topological polar surface area (TPSA) is 43.1 Å². The summed E-state index contributed by atoms with van der Waals surface area (Å²) in [7, 11) is 0. The molecule has 0 aliphatic rings. The second-order valence-electron chi connectivity index (χ2n) is 3.59. The average Bonchev–Trinajstić information content (AvgIpc) is 2.40. The molecule has 5 heteroatoms. The van der Waals surface area contributed by atoms with E-state index in [1.165, 1.54) is 17.7 Å². The molecule has 2 N–H and O–H groups in total. The normalized spacial score (nSPS) is 9.47. The van der Waals surface area contributed by atoms with Crippen LogP contribution in [0.1, 0.15) is 15.9 Å². The molecule has 19 heavy (non-hydrogen) atoms. The number of carbonyl (C=O) groups excluding carboxylic acids is 1. The van der Waals surface area contributed by atoms with Crippen LogP contribution in [0.3, 0.4) is 0 Å². The minimum Gasteiger partial charge on any atom is -0.326 e. The van der Waals surface area contributed by atoms with E-state index in [1.807, 2.05) is 30.3 Å². The summed E-state index contributed by atoms with van der Waals surface area (Å²) >= 11 is 16.4. The lowest BCUT2D eigenvalue weighted by Gasteiger charge is -1.96. The predicted octanol–water partition coefficient (Wildman–Crippen LogP) is 4.52. The molecular weight excluding hydrogens is 305 g/mol. The van der Waals surface area contributed by atoms with Crippen molar-refractivity contribution in [3.63, 3.8) is 0 Å². The maximum absolute atomic E-state index is 10.6. The van der Waals surface area contributed by atoms with Crippen molar-refractivity contribution in [2.24, 2.45) is 5.73 Å². The molecule has 0 aliphatic carbocycles. The monoisotopic (exact) mass is 315 g/mol. The van der Waals surface area contributed by atoms with Crippen LogP contribution < -0.4 is 5.73 Å². The summed E-state index contributed by atoms with van der Waals surface area (Å²) in [4.78, 5) is 10.6. The molecule has 2 aromatic carbocycles. The van der Waals surface area contributed by atoms with E-state index in [9.17, 15) is 4.79 Å². The Kier molecular flexibility index (Phi) is 6.89. The van der Waals surface area contributed by atoms with Crippen LogP contribution in [0.25, 0.3) is 0 Å². The van der Waals surface area contributed by atoms with Crippen molar-refractivity contribution in [3.05, 3.63) is 69.7 Å². The van der Waals surface area contributed by atoms with Gasteiger partial charge < -0.3 is 5.73 Å². The molecule has 0 saturated heterocycles. The maximum Gasteiger partial charge on any atom is 0.253 e. The third-order valence-corrected chi connectivity index (χ3v) is 2.97. The number of hydrogen-bond acceptors (Lipinski definition) is 2. The van der Waals surface area contributed by atoms with Crippen molar-refractivity contribution >= 4 is 40.0 Å². The fraction of sp³-hybridized carbons (Fsp3) is 0.0714. The first-order valence-corrected chi connectivity index (χ1v) is 6.57. The van der Waals surface area contributed by atoms with Crippen molar-refractivity contribution in [1.29, 1.82) is 0 Å². The first-order valence-electron chi connectivity index (χ1n) is 5.43. The molecular formula is C14H12Cl3NO. The van der Waals surface area contributed by atoms with Gasteiger partial charge in [-0.15, -0.1) is 0 Å². The van der Waals surface area contributed by atoms with Crippen LogP contribution in [0.2, 0.25) is 10.0 Å². The Hall–Kier alpha value is -1.06. The SMILES string of the molecule is NCc1ccccc1.O=C(Cl)c1ccc(Cl)cc1Cl. The van der Waals surface area contributed by atoms with Gasteiger partial charge in [0.1, 0.15) is 0 Å². The first-order chi connectivity index (χ1) is 9.04. The summed E-state index contributed by atoms with van der Waals surface area (Å²) in [5.74, 6) is 0. The number of carbonyl (C=O) groups is 1. The molecule has 0 aromatic heterocycles. The third-order valence-electron chi connectivity index (χ3n) is 2.22. The molecule has 100 valence electrons. The van der Waals surface area contributed by atoms with Gasteiger partial charge in [0.2, 0.25) is 0 Å². The zero-order chi connectivity index (χ0) is 14.3. The van der Waals surface area contributed by atoms with Crippen LogP contribution in [0, 0.1) is 0 Å². The summed E-state index contributed by atoms with van der Waals surface area (Å²) in [6.07, 6.45) is 0. The van der Waals surface area contributed by atoms with Gasteiger partial charge in [0.05, 0.1) is 10.6 Å². The number of nitrogens with two attached hydrogens (primary N) is 1. The van der Waals surface area contributed by atoms with E-state index in [0.717, 1.165) is 0 Å². The van der Waals surface area contributed by atoms with E-state index in [-0.39, 0.29) is 10.6 Å². The van der Waals surface area contributed by atoms with E-state index >= 15 is 0 Å². The molecule has 0 atom stereocenters. The van der Waals surface area contributed by atoms with Gasteiger partial charge in [-0.05, 0) is 35.4 Å². The Morgan fingerprint density at radius 2 is 1.68 bits per heavy atom. The number of benzene rings is 2. The van der Waals surface area contributed by atoms with Crippen LogP contribution in [-0.4, -0.2) is 5.24 Å². The van der Waals surface area contributed by atoms with E-state index in [1.54, 1.807) is 6.07 Å². The van der Waals surface area contributed by atoms with E-state index < -0.39 is 5.24 Å². The summed E-state index contributed by atoms with van der Waals surface area (Å²) in [6.45, 7) is 0.640. The van der Waals surface area contributed by atoms with Gasteiger partial charge in [-0.3, -0.25) is 4.79 Å². The summed E-state index contributed by atoms with van der Waals surface area (Å²) in [5, 5.41) is 0.181. The van der Waals surface area contributed by atoms with Crippen LogP contribution in [0.5, 0.6) is 0 Å². The summed E-state index contributed by atoms with van der Waals surface area (Å²) < 4.78 is 0. The molecule has 0 radical (unpaired) electrons. The Morgan fingerprint density at radius 1 is 1.05 bits per heavy atom. The van der Waals surface area contributed by atoms with Gasteiger partial charge in [-0.1, -0.05) is 53.5 Å². The largest absolute Gasteiger partial charge is 0.326 e. The Bertz CT molecular complexity index is 544. The highest BCUT2D eigenvalue weighted by atomic mass is 35.5. The quantitative estimate of drug-likeness (QED) is 0.828. The first kappa shape index (κ1) is 16.0. The van der Waals surface area contributed by atoms with Gasteiger partial charge in [0, 0.05) is 11.6 Å². The number of halogens is 3. The molecule has 0 aliphatic heterocycles. The molecule has 0 spiro atoms. The lowest BCUT2D eigenvalue weighted by Crippen LogP contribution is -1.94.